The largest absolute Gasteiger partial charge is 0.497 e. The first-order chi connectivity index (χ1) is 9.82. The third-order valence-electron chi connectivity index (χ3n) is 2.95. The zero-order chi connectivity index (χ0) is 15.6. The summed E-state index contributed by atoms with van der Waals surface area (Å²) in [5.41, 5.74) is -0.258. The molecule has 1 aromatic heterocycles. The van der Waals surface area contributed by atoms with Gasteiger partial charge in [0.05, 0.1) is 12.7 Å². The monoisotopic (exact) mass is 295 g/mol. The Morgan fingerprint density at radius 1 is 1.19 bits per heavy atom. The van der Waals surface area contributed by atoms with Crippen molar-refractivity contribution in [3.8, 4) is 16.9 Å². The highest BCUT2D eigenvalue weighted by atomic mass is 19.4. The summed E-state index contributed by atoms with van der Waals surface area (Å²) >= 11 is 0. The molecule has 0 amide bonds. The number of methoxy groups -OCH3 is 1. The fraction of sp³-hybridized carbons (Fsp3) is 0.200. The predicted octanol–water partition coefficient (Wildman–Crippen LogP) is 3.98. The molecule has 1 heterocycles. The lowest BCUT2D eigenvalue weighted by molar-refractivity contribution is -0.137. The topological polar surface area (TPSA) is 39.2 Å². The predicted molar refractivity (Wildman–Crippen MR) is 71.2 cm³/mol. The Morgan fingerprint density at radius 2 is 1.81 bits per heavy atom. The molecule has 0 fully saturated rings. The van der Waals surface area contributed by atoms with Crippen molar-refractivity contribution in [2.75, 3.05) is 7.11 Å². The zero-order valence-corrected chi connectivity index (χ0v) is 11.4. The smallest absolute Gasteiger partial charge is 0.417 e. The van der Waals surface area contributed by atoms with E-state index in [0.717, 1.165) is 6.07 Å². The van der Waals surface area contributed by atoms with Crippen LogP contribution in [0.4, 0.5) is 13.2 Å². The van der Waals surface area contributed by atoms with Gasteiger partial charge in [0.2, 0.25) is 0 Å². The number of aromatic nitrogens is 1. The first-order valence-corrected chi connectivity index (χ1v) is 6.05. The number of nitrogens with zero attached hydrogens (tertiary/aromatic N) is 1. The van der Waals surface area contributed by atoms with Gasteiger partial charge in [-0.15, -0.1) is 0 Å². The van der Waals surface area contributed by atoms with Gasteiger partial charge in [0.1, 0.15) is 11.4 Å². The molecule has 0 saturated heterocycles. The van der Waals surface area contributed by atoms with Crippen LogP contribution in [0.15, 0.2) is 36.5 Å². The van der Waals surface area contributed by atoms with E-state index in [4.69, 9.17) is 4.74 Å². The van der Waals surface area contributed by atoms with E-state index >= 15 is 0 Å². The van der Waals surface area contributed by atoms with Crippen LogP contribution in [0.3, 0.4) is 0 Å². The Morgan fingerprint density at radius 3 is 2.29 bits per heavy atom. The summed E-state index contributed by atoms with van der Waals surface area (Å²) in [5.74, 6) is 0.178. The summed E-state index contributed by atoms with van der Waals surface area (Å²) in [6.07, 6.45) is -3.84. The van der Waals surface area contributed by atoms with Gasteiger partial charge in [0, 0.05) is 18.7 Å². The van der Waals surface area contributed by atoms with Gasteiger partial charge in [-0.2, -0.15) is 13.2 Å². The molecule has 0 radical (unpaired) electrons. The molecule has 0 N–H and O–H groups in total. The maximum Gasteiger partial charge on any atom is 0.417 e. The molecule has 1 aromatic carbocycles. The summed E-state index contributed by atoms with van der Waals surface area (Å²) in [4.78, 5) is 15.2. The maximum atomic E-state index is 12.8. The van der Waals surface area contributed by atoms with Crippen LogP contribution in [0.5, 0.6) is 5.75 Å². The van der Waals surface area contributed by atoms with Gasteiger partial charge in [-0.3, -0.25) is 9.78 Å². The lowest BCUT2D eigenvalue weighted by Gasteiger charge is -2.12. The third-order valence-corrected chi connectivity index (χ3v) is 2.95. The number of hydrogen-bond donors (Lipinski definition) is 0. The van der Waals surface area contributed by atoms with Crippen molar-refractivity contribution in [1.82, 2.24) is 4.98 Å². The van der Waals surface area contributed by atoms with E-state index in [1.54, 1.807) is 24.3 Å². The molecule has 0 unspecified atom stereocenters. The van der Waals surface area contributed by atoms with E-state index in [0.29, 0.717) is 17.5 Å². The summed E-state index contributed by atoms with van der Waals surface area (Å²) in [5, 5.41) is 0. The number of ether oxygens (including phenoxy) is 1. The number of carbonyl (C=O) groups is 1. The van der Waals surface area contributed by atoms with Crippen LogP contribution in [0.25, 0.3) is 11.1 Å². The summed E-state index contributed by atoms with van der Waals surface area (Å²) in [6, 6.07) is 7.33. The van der Waals surface area contributed by atoms with Crippen molar-refractivity contribution in [2.45, 2.75) is 13.1 Å². The second-order valence-electron chi connectivity index (χ2n) is 4.40. The van der Waals surface area contributed by atoms with Crippen LogP contribution in [0.2, 0.25) is 0 Å². The standard InChI is InChI=1S/C15H12F3NO2/c1-9(20)14-13(7-11(8-19-14)15(16,17)18)10-3-5-12(21-2)6-4-10/h3-8H,1-2H3. The number of ketones is 1. The first kappa shape index (κ1) is 15.0. The van der Waals surface area contributed by atoms with E-state index in [1.165, 1.54) is 14.0 Å². The average Bonchev–Trinajstić information content (AvgIpc) is 2.45. The molecular weight excluding hydrogens is 283 g/mol. The van der Waals surface area contributed by atoms with E-state index < -0.39 is 17.5 Å². The Hall–Kier alpha value is -2.37. The molecule has 2 aromatic rings. The molecule has 0 saturated carbocycles. The second kappa shape index (κ2) is 5.55. The summed E-state index contributed by atoms with van der Waals surface area (Å²) in [6.45, 7) is 1.27. The number of halogens is 3. The molecule has 0 aliphatic heterocycles. The fourth-order valence-electron chi connectivity index (χ4n) is 1.89. The van der Waals surface area contributed by atoms with E-state index in [-0.39, 0.29) is 11.3 Å². The molecule has 2 rings (SSSR count). The number of Topliss-reactive ketones (excluding diaryl/α,β-unsaturated/α-hetero) is 1. The van der Waals surface area contributed by atoms with Crippen LogP contribution < -0.4 is 4.74 Å². The molecule has 0 atom stereocenters. The fourth-order valence-corrected chi connectivity index (χ4v) is 1.89. The SMILES string of the molecule is COc1ccc(-c2cc(C(F)(F)F)cnc2C(C)=O)cc1. The van der Waals surface area contributed by atoms with Gasteiger partial charge in [-0.05, 0) is 23.8 Å². The summed E-state index contributed by atoms with van der Waals surface area (Å²) < 4.78 is 43.4. The van der Waals surface area contributed by atoms with Crippen LogP contribution in [-0.2, 0) is 6.18 Å². The highest BCUT2D eigenvalue weighted by Crippen LogP contribution is 2.33. The molecule has 0 aliphatic carbocycles. The van der Waals surface area contributed by atoms with Gasteiger partial charge < -0.3 is 4.74 Å². The molecule has 0 spiro atoms. The number of carbonyl (C=O) groups excluding carboxylic acids is 1. The molecule has 0 bridgehead atoms. The number of pyridine rings is 1. The number of alkyl halides is 3. The van der Waals surface area contributed by atoms with Gasteiger partial charge in [0.15, 0.2) is 5.78 Å². The molecule has 0 aliphatic rings. The highest BCUT2D eigenvalue weighted by molar-refractivity contribution is 5.99. The van der Waals surface area contributed by atoms with E-state index in [9.17, 15) is 18.0 Å². The molecular formula is C15H12F3NO2. The Kier molecular flexibility index (Phi) is 3.97. The number of hydrogen-bond acceptors (Lipinski definition) is 3. The molecule has 3 nitrogen and oxygen atoms in total. The quantitative estimate of drug-likeness (QED) is 0.804. The van der Waals surface area contributed by atoms with Crippen molar-refractivity contribution in [3.05, 3.63) is 47.8 Å². The Labute approximate surface area is 119 Å². The minimum absolute atomic E-state index is 0.00756. The maximum absolute atomic E-state index is 12.8. The Balaban J connectivity index is 2.59. The van der Waals surface area contributed by atoms with Gasteiger partial charge in [0.25, 0.3) is 0 Å². The van der Waals surface area contributed by atoms with Crippen LogP contribution in [0.1, 0.15) is 23.0 Å². The third kappa shape index (κ3) is 3.21. The van der Waals surface area contributed by atoms with Gasteiger partial charge in [-0.25, -0.2) is 0 Å². The summed E-state index contributed by atoms with van der Waals surface area (Å²) in [7, 11) is 1.49. The average molecular weight is 295 g/mol. The number of rotatable bonds is 3. The highest BCUT2D eigenvalue weighted by Gasteiger charge is 2.32. The van der Waals surface area contributed by atoms with Crippen molar-refractivity contribution in [1.29, 1.82) is 0 Å². The van der Waals surface area contributed by atoms with Crippen molar-refractivity contribution >= 4 is 5.78 Å². The van der Waals surface area contributed by atoms with Gasteiger partial charge >= 0.3 is 6.18 Å². The lowest BCUT2D eigenvalue weighted by atomic mass is 10.00. The van der Waals surface area contributed by atoms with Crippen LogP contribution >= 0.6 is 0 Å². The minimum Gasteiger partial charge on any atom is -0.497 e. The van der Waals surface area contributed by atoms with Gasteiger partial charge in [-0.1, -0.05) is 12.1 Å². The lowest BCUT2D eigenvalue weighted by Crippen LogP contribution is -2.09. The van der Waals surface area contributed by atoms with E-state index in [1.807, 2.05) is 0 Å². The van der Waals surface area contributed by atoms with Crippen LogP contribution in [-0.4, -0.2) is 17.9 Å². The van der Waals surface area contributed by atoms with Crippen LogP contribution in [0, 0.1) is 0 Å². The van der Waals surface area contributed by atoms with Crippen molar-refractivity contribution in [3.63, 3.8) is 0 Å². The van der Waals surface area contributed by atoms with Crippen molar-refractivity contribution in [2.24, 2.45) is 0 Å². The molecule has 110 valence electrons. The van der Waals surface area contributed by atoms with E-state index in [2.05, 4.69) is 4.98 Å². The second-order valence-corrected chi connectivity index (χ2v) is 4.40. The normalized spacial score (nSPS) is 11.3. The van der Waals surface area contributed by atoms with Crippen molar-refractivity contribution < 1.29 is 22.7 Å². The minimum atomic E-state index is -4.51. The number of benzene rings is 1. The zero-order valence-electron chi connectivity index (χ0n) is 11.4. The molecule has 21 heavy (non-hydrogen) atoms. The molecule has 6 heteroatoms. The Bertz CT molecular complexity index is 664. The first-order valence-electron chi connectivity index (χ1n) is 6.05.